The zero-order valence-corrected chi connectivity index (χ0v) is 18.1. The maximum atomic E-state index is 12.3. The van der Waals surface area contributed by atoms with E-state index in [9.17, 15) is 14.4 Å². The first-order valence-electron chi connectivity index (χ1n) is 9.53. The fourth-order valence-electron chi connectivity index (χ4n) is 3.14. The summed E-state index contributed by atoms with van der Waals surface area (Å²) in [5.41, 5.74) is 1.13. The molecule has 0 saturated carbocycles. The van der Waals surface area contributed by atoms with Crippen molar-refractivity contribution in [2.75, 3.05) is 29.9 Å². The lowest BCUT2D eigenvalue weighted by Gasteiger charge is -2.17. The summed E-state index contributed by atoms with van der Waals surface area (Å²) in [4.78, 5) is 38.0. The van der Waals surface area contributed by atoms with Crippen molar-refractivity contribution >= 4 is 52.3 Å². The van der Waals surface area contributed by atoms with Crippen LogP contribution in [-0.4, -0.2) is 37.4 Å². The molecule has 0 spiro atoms. The molecule has 3 amide bonds. The Balaban J connectivity index is 1.53. The van der Waals surface area contributed by atoms with Crippen LogP contribution in [-0.2, 0) is 14.4 Å². The highest BCUT2D eigenvalue weighted by molar-refractivity contribution is 6.35. The fraction of sp³-hybridized carbons (Fsp3) is 0.227. The maximum absolute atomic E-state index is 12.3. The third kappa shape index (κ3) is 6.23. The third-order valence-corrected chi connectivity index (χ3v) is 5.02. The summed E-state index contributed by atoms with van der Waals surface area (Å²) in [6.07, 6.45) is 1.75. The molecular weight excluding hydrogens is 441 g/mol. The molecule has 3 rings (SSSR count). The van der Waals surface area contributed by atoms with Gasteiger partial charge in [-0.3, -0.25) is 14.4 Å². The minimum Gasteiger partial charge on any atom is -0.484 e. The van der Waals surface area contributed by atoms with Gasteiger partial charge in [0.1, 0.15) is 5.75 Å². The standard InChI is InChI=1S/C22H21Cl2N3O4/c1-2-7-25-22(30)14-8-21(29)27(12-14)18-3-5-19(6-4-18)31-13-20(28)26-17-10-15(23)9-16(24)11-17/h2-6,9-11,14H,1,7-8,12-13H2,(H,25,30)(H,26,28)/t14-/m0/s1. The molecule has 1 fully saturated rings. The number of carbonyl (C=O) groups excluding carboxylic acids is 3. The SMILES string of the molecule is C=CCNC(=O)[C@H]1CC(=O)N(c2ccc(OCC(=O)Nc3cc(Cl)cc(Cl)c3)cc2)C1. The first kappa shape index (κ1) is 22.7. The van der Waals surface area contributed by atoms with Crippen molar-refractivity contribution in [2.24, 2.45) is 5.92 Å². The van der Waals surface area contributed by atoms with E-state index < -0.39 is 5.92 Å². The monoisotopic (exact) mass is 461 g/mol. The summed E-state index contributed by atoms with van der Waals surface area (Å²) in [7, 11) is 0. The largest absolute Gasteiger partial charge is 0.484 e. The predicted octanol–water partition coefficient (Wildman–Crippen LogP) is 3.67. The van der Waals surface area contributed by atoms with Gasteiger partial charge in [-0.05, 0) is 42.5 Å². The molecule has 1 aliphatic heterocycles. The van der Waals surface area contributed by atoms with E-state index in [2.05, 4.69) is 17.2 Å². The molecule has 2 aromatic carbocycles. The van der Waals surface area contributed by atoms with Crippen molar-refractivity contribution in [3.05, 3.63) is 65.2 Å². The van der Waals surface area contributed by atoms with E-state index in [4.69, 9.17) is 27.9 Å². The summed E-state index contributed by atoms with van der Waals surface area (Å²) in [5.74, 6) is -0.581. The van der Waals surface area contributed by atoms with E-state index in [0.717, 1.165) is 0 Å². The van der Waals surface area contributed by atoms with Gasteiger partial charge < -0.3 is 20.3 Å². The normalized spacial score (nSPS) is 15.5. The zero-order chi connectivity index (χ0) is 22.4. The van der Waals surface area contributed by atoms with Crippen LogP contribution in [0.5, 0.6) is 5.75 Å². The number of benzene rings is 2. The number of ether oxygens (including phenoxy) is 1. The Morgan fingerprint density at radius 3 is 2.48 bits per heavy atom. The van der Waals surface area contributed by atoms with Crippen molar-refractivity contribution in [3.63, 3.8) is 0 Å². The highest BCUT2D eigenvalue weighted by Gasteiger charge is 2.34. The second kappa shape index (κ2) is 10.3. The number of carbonyl (C=O) groups is 3. The van der Waals surface area contributed by atoms with E-state index in [1.165, 1.54) is 0 Å². The Labute approximate surface area is 190 Å². The first-order valence-corrected chi connectivity index (χ1v) is 10.3. The van der Waals surface area contributed by atoms with E-state index in [1.807, 2.05) is 0 Å². The van der Waals surface area contributed by atoms with Crippen LogP contribution in [0.25, 0.3) is 0 Å². The van der Waals surface area contributed by atoms with Crippen LogP contribution in [0.1, 0.15) is 6.42 Å². The molecule has 0 bridgehead atoms. The fourth-order valence-corrected chi connectivity index (χ4v) is 3.67. The van der Waals surface area contributed by atoms with E-state index in [0.29, 0.717) is 40.3 Å². The van der Waals surface area contributed by atoms with Crippen molar-refractivity contribution in [1.82, 2.24) is 5.32 Å². The Hall–Kier alpha value is -3.03. The van der Waals surface area contributed by atoms with Crippen LogP contribution >= 0.6 is 23.2 Å². The number of nitrogens with zero attached hydrogens (tertiary/aromatic N) is 1. The van der Waals surface area contributed by atoms with E-state index >= 15 is 0 Å². The van der Waals surface area contributed by atoms with Gasteiger partial charge in [0.15, 0.2) is 6.61 Å². The molecule has 1 atom stereocenters. The molecule has 0 aromatic heterocycles. The molecule has 0 aliphatic carbocycles. The predicted molar refractivity (Wildman–Crippen MR) is 121 cm³/mol. The second-order valence-corrected chi connectivity index (χ2v) is 7.80. The van der Waals surface area contributed by atoms with Crippen molar-refractivity contribution < 1.29 is 19.1 Å². The Kier molecular flexibility index (Phi) is 7.55. The maximum Gasteiger partial charge on any atom is 0.262 e. The van der Waals surface area contributed by atoms with Gasteiger partial charge in [0, 0.05) is 40.9 Å². The molecule has 7 nitrogen and oxygen atoms in total. The summed E-state index contributed by atoms with van der Waals surface area (Å²) in [5, 5.41) is 6.20. The summed E-state index contributed by atoms with van der Waals surface area (Å²) < 4.78 is 5.49. The molecule has 9 heteroatoms. The van der Waals surface area contributed by atoms with Gasteiger partial charge in [0.05, 0.1) is 5.92 Å². The number of amides is 3. The van der Waals surface area contributed by atoms with E-state index in [-0.39, 0.29) is 30.7 Å². The minimum absolute atomic E-state index is 0.119. The number of anilines is 2. The quantitative estimate of drug-likeness (QED) is 0.587. The molecule has 2 N–H and O–H groups in total. The highest BCUT2D eigenvalue weighted by atomic mass is 35.5. The topological polar surface area (TPSA) is 87.7 Å². The molecule has 1 saturated heterocycles. The molecule has 31 heavy (non-hydrogen) atoms. The van der Waals surface area contributed by atoms with Crippen LogP contribution in [0, 0.1) is 5.92 Å². The Bertz CT molecular complexity index is 975. The number of hydrogen-bond donors (Lipinski definition) is 2. The van der Waals surface area contributed by atoms with Crippen LogP contribution < -0.4 is 20.3 Å². The number of halogens is 2. The van der Waals surface area contributed by atoms with Crippen molar-refractivity contribution in [1.29, 1.82) is 0 Å². The summed E-state index contributed by atoms with van der Waals surface area (Å²) in [6.45, 7) is 4.03. The van der Waals surface area contributed by atoms with Gasteiger partial charge in [0.2, 0.25) is 11.8 Å². The van der Waals surface area contributed by atoms with Gasteiger partial charge in [-0.25, -0.2) is 0 Å². The van der Waals surface area contributed by atoms with Crippen LogP contribution in [0.2, 0.25) is 10.0 Å². The van der Waals surface area contributed by atoms with Gasteiger partial charge >= 0.3 is 0 Å². The van der Waals surface area contributed by atoms with Gasteiger partial charge in [-0.1, -0.05) is 29.3 Å². The minimum atomic E-state index is -0.396. The third-order valence-electron chi connectivity index (χ3n) is 4.58. The Morgan fingerprint density at radius 1 is 1.16 bits per heavy atom. The summed E-state index contributed by atoms with van der Waals surface area (Å²) in [6, 6.07) is 11.5. The molecule has 0 radical (unpaired) electrons. The number of hydrogen-bond acceptors (Lipinski definition) is 4. The van der Waals surface area contributed by atoms with Crippen LogP contribution in [0.4, 0.5) is 11.4 Å². The van der Waals surface area contributed by atoms with Crippen molar-refractivity contribution in [3.8, 4) is 5.75 Å². The average Bonchev–Trinajstić information content (AvgIpc) is 3.12. The molecular formula is C22H21Cl2N3O4. The first-order chi connectivity index (χ1) is 14.9. The molecule has 2 aromatic rings. The van der Waals surface area contributed by atoms with Gasteiger partial charge in [-0.15, -0.1) is 6.58 Å². The highest BCUT2D eigenvalue weighted by Crippen LogP contribution is 2.27. The Morgan fingerprint density at radius 2 is 1.84 bits per heavy atom. The lowest BCUT2D eigenvalue weighted by molar-refractivity contribution is -0.126. The lowest BCUT2D eigenvalue weighted by atomic mass is 10.1. The molecule has 1 heterocycles. The van der Waals surface area contributed by atoms with Crippen LogP contribution in [0.15, 0.2) is 55.1 Å². The number of rotatable bonds is 8. The molecule has 1 aliphatic rings. The average molecular weight is 462 g/mol. The van der Waals surface area contributed by atoms with Gasteiger partial charge in [-0.2, -0.15) is 0 Å². The summed E-state index contributed by atoms with van der Waals surface area (Å²) >= 11 is 11.8. The second-order valence-electron chi connectivity index (χ2n) is 6.93. The van der Waals surface area contributed by atoms with Crippen molar-refractivity contribution in [2.45, 2.75) is 6.42 Å². The van der Waals surface area contributed by atoms with E-state index in [1.54, 1.807) is 53.4 Å². The number of nitrogens with one attached hydrogen (secondary N) is 2. The smallest absolute Gasteiger partial charge is 0.262 e. The lowest BCUT2D eigenvalue weighted by Crippen LogP contribution is -2.32. The zero-order valence-electron chi connectivity index (χ0n) is 16.6. The van der Waals surface area contributed by atoms with Gasteiger partial charge in [0.25, 0.3) is 5.91 Å². The molecule has 162 valence electrons. The van der Waals surface area contributed by atoms with Crippen LogP contribution in [0.3, 0.4) is 0 Å². The molecule has 0 unspecified atom stereocenters.